The second kappa shape index (κ2) is 6.56. The van der Waals surface area contributed by atoms with E-state index in [1.807, 2.05) is 13.8 Å². The van der Waals surface area contributed by atoms with Crippen LogP contribution in [0.25, 0.3) is 0 Å². The summed E-state index contributed by atoms with van der Waals surface area (Å²) in [5, 5.41) is 4.07. The molecule has 2 rings (SSSR count). The van der Waals surface area contributed by atoms with E-state index in [1.165, 1.54) is 25.7 Å². The molecule has 3 nitrogen and oxygen atoms in total. The summed E-state index contributed by atoms with van der Waals surface area (Å²) in [6.07, 6.45) is 6.24. The maximum Gasteiger partial charge on any atom is 0.137 e. The minimum Gasteiger partial charge on any atom is -0.369 e. The van der Waals surface area contributed by atoms with Crippen LogP contribution in [0.5, 0.6) is 0 Å². The third-order valence-electron chi connectivity index (χ3n) is 4.27. The molecule has 1 aliphatic carbocycles. The summed E-state index contributed by atoms with van der Waals surface area (Å²) in [4.78, 5) is 8.83. The largest absolute Gasteiger partial charge is 0.369 e. The molecule has 0 amide bonds. The summed E-state index contributed by atoms with van der Waals surface area (Å²) in [7, 11) is 0. The van der Waals surface area contributed by atoms with Crippen LogP contribution in [0.1, 0.15) is 50.9 Å². The van der Waals surface area contributed by atoms with Gasteiger partial charge in [-0.25, -0.2) is 9.97 Å². The van der Waals surface area contributed by atoms with Gasteiger partial charge in [0.15, 0.2) is 0 Å². The van der Waals surface area contributed by atoms with E-state index in [1.54, 1.807) is 0 Å². The SMILES string of the molecule is CCc1nc(Cl)c(C)c(NCC2CCCCC2C)n1. The molecule has 1 saturated carbocycles. The molecule has 106 valence electrons. The van der Waals surface area contributed by atoms with Gasteiger partial charge < -0.3 is 5.32 Å². The molecule has 1 fully saturated rings. The summed E-state index contributed by atoms with van der Waals surface area (Å²) >= 11 is 6.16. The van der Waals surface area contributed by atoms with Crippen molar-refractivity contribution in [3.8, 4) is 0 Å². The number of rotatable bonds is 4. The van der Waals surface area contributed by atoms with Crippen molar-refractivity contribution in [3.63, 3.8) is 0 Å². The zero-order valence-electron chi connectivity index (χ0n) is 12.2. The highest BCUT2D eigenvalue weighted by Crippen LogP contribution is 2.30. The van der Waals surface area contributed by atoms with E-state index in [0.717, 1.165) is 42.0 Å². The zero-order valence-corrected chi connectivity index (χ0v) is 12.9. The minimum atomic E-state index is 0.575. The van der Waals surface area contributed by atoms with E-state index in [0.29, 0.717) is 5.15 Å². The molecule has 19 heavy (non-hydrogen) atoms. The van der Waals surface area contributed by atoms with Crippen molar-refractivity contribution in [2.45, 2.75) is 52.9 Å². The first-order valence-corrected chi connectivity index (χ1v) is 7.76. The molecule has 0 saturated heterocycles. The van der Waals surface area contributed by atoms with Gasteiger partial charge in [-0.1, -0.05) is 44.7 Å². The summed E-state index contributed by atoms with van der Waals surface area (Å²) < 4.78 is 0. The van der Waals surface area contributed by atoms with Crippen LogP contribution in [0.2, 0.25) is 5.15 Å². The second-order valence-electron chi connectivity index (χ2n) is 5.66. The fraction of sp³-hybridized carbons (Fsp3) is 0.733. The highest BCUT2D eigenvalue weighted by atomic mass is 35.5. The molecular weight excluding hydrogens is 258 g/mol. The van der Waals surface area contributed by atoms with Crippen LogP contribution in [0.15, 0.2) is 0 Å². The Morgan fingerprint density at radius 3 is 2.68 bits per heavy atom. The van der Waals surface area contributed by atoms with E-state index in [-0.39, 0.29) is 0 Å². The smallest absolute Gasteiger partial charge is 0.137 e. The van der Waals surface area contributed by atoms with Crippen molar-refractivity contribution in [2.75, 3.05) is 11.9 Å². The average Bonchev–Trinajstić information content (AvgIpc) is 2.42. The summed E-state index contributed by atoms with van der Waals surface area (Å²) in [5.74, 6) is 3.29. The second-order valence-corrected chi connectivity index (χ2v) is 6.02. The van der Waals surface area contributed by atoms with Crippen molar-refractivity contribution in [1.29, 1.82) is 0 Å². The molecule has 2 atom stereocenters. The maximum atomic E-state index is 6.16. The normalized spacial score (nSPS) is 23.4. The Kier molecular flexibility index (Phi) is 5.03. The van der Waals surface area contributed by atoms with Gasteiger partial charge in [-0.05, 0) is 25.2 Å². The van der Waals surface area contributed by atoms with Gasteiger partial charge in [0.05, 0.1) is 0 Å². The van der Waals surface area contributed by atoms with Crippen LogP contribution >= 0.6 is 11.6 Å². The number of aryl methyl sites for hydroxylation is 1. The molecule has 0 spiro atoms. The van der Waals surface area contributed by atoms with E-state index >= 15 is 0 Å². The number of halogens is 1. The first-order valence-electron chi connectivity index (χ1n) is 7.38. The Hall–Kier alpha value is -0.830. The highest BCUT2D eigenvalue weighted by molar-refractivity contribution is 6.30. The van der Waals surface area contributed by atoms with Crippen molar-refractivity contribution in [1.82, 2.24) is 9.97 Å². The molecular formula is C15H24ClN3. The van der Waals surface area contributed by atoms with Gasteiger partial charge in [-0.15, -0.1) is 0 Å². The lowest BCUT2D eigenvalue weighted by Gasteiger charge is -2.29. The fourth-order valence-corrected chi connectivity index (χ4v) is 2.97. The summed E-state index contributed by atoms with van der Waals surface area (Å²) in [6.45, 7) is 7.39. The zero-order chi connectivity index (χ0) is 13.8. The molecule has 1 aliphatic rings. The van der Waals surface area contributed by atoms with Gasteiger partial charge >= 0.3 is 0 Å². The number of nitrogens with one attached hydrogen (secondary N) is 1. The van der Waals surface area contributed by atoms with E-state index in [9.17, 15) is 0 Å². The molecule has 0 aromatic carbocycles. The van der Waals surface area contributed by atoms with Crippen molar-refractivity contribution in [2.24, 2.45) is 11.8 Å². The van der Waals surface area contributed by atoms with Gasteiger partial charge in [0, 0.05) is 18.5 Å². The van der Waals surface area contributed by atoms with Crippen LogP contribution in [0, 0.1) is 18.8 Å². The first kappa shape index (κ1) is 14.6. The van der Waals surface area contributed by atoms with Gasteiger partial charge in [-0.3, -0.25) is 0 Å². The quantitative estimate of drug-likeness (QED) is 0.839. The van der Waals surface area contributed by atoms with Crippen LogP contribution < -0.4 is 5.32 Å². The Morgan fingerprint density at radius 2 is 2.00 bits per heavy atom. The lowest BCUT2D eigenvalue weighted by molar-refractivity contribution is 0.268. The number of aromatic nitrogens is 2. The molecule has 1 aromatic rings. The molecule has 4 heteroatoms. The molecule has 1 heterocycles. The van der Waals surface area contributed by atoms with Crippen molar-refractivity contribution in [3.05, 3.63) is 16.5 Å². The Labute approximate surface area is 121 Å². The van der Waals surface area contributed by atoms with Crippen LogP contribution in [-0.2, 0) is 6.42 Å². The maximum absolute atomic E-state index is 6.16. The third kappa shape index (κ3) is 3.59. The number of hydrogen-bond acceptors (Lipinski definition) is 3. The van der Waals surface area contributed by atoms with Crippen LogP contribution in [0.4, 0.5) is 5.82 Å². The predicted molar refractivity (Wildman–Crippen MR) is 80.8 cm³/mol. The third-order valence-corrected chi connectivity index (χ3v) is 4.64. The van der Waals surface area contributed by atoms with E-state index in [4.69, 9.17) is 11.6 Å². The number of hydrogen-bond donors (Lipinski definition) is 1. The molecule has 1 aromatic heterocycles. The number of anilines is 1. The topological polar surface area (TPSA) is 37.8 Å². The summed E-state index contributed by atoms with van der Waals surface area (Å²) in [5.41, 5.74) is 0.960. The monoisotopic (exact) mass is 281 g/mol. The average molecular weight is 282 g/mol. The van der Waals surface area contributed by atoms with Gasteiger partial charge in [0.25, 0.3) is 0 Å². The minimum absolute atomic E-state index is 0.575. The molecule has 1 N–H and O–H groups in total. The highest BCUT2D eigenvalue weighted by Gasteiger charge is 2.21. The lowest BCUT2D eigenvalue weighted by atomic mass is 9.80. The van der Waals surface area contributed by atoms with Gasteiger partial charge in [-0.2, -0.15) is 0 Å². The van der Waals surface area contributed by atoms with Gasteiger partial charge in [0.1, 0.15) is 16.8 Å². The predicted octanol–water partition coefficient (Wildman–Crippen LogP) is 4.24. The van der Waals surface area contributed by atoms with Crippen molar-refractivity contribution >= 4 is 17.4 Å². The Bertz CT molecular complexity index is 434. The van der Waals surface area contributed by atoms with Crippen LogP contribution in [-0.4, -0.2) is 16.5 Å². The van der Waals surface area contributed by atoms with Gasteiger partial charge in [0.2, 0.25) is 0 Å². The van der Waals surface area contributed by atoms with E-state index < -0.39 is 0 Å². The fourth-order valence-electron chi connectivity index (χ4n) is 2.79. The van der Waals surface area contributed by atoms with E-state index in [2.05, 4.69) is 22.2 Å². The molecule has 0 bridgehead atoms. The van der Waals surface area contributed by atoms with Crippen molar-refractivity contribution < 1.29 is 0 Å². The lowest BCUT2D eigenvalue weighted by Crippen LogP contribution is -2.25. The molecule has 0 radical (unpaired) electrons. The Balaban J connectivity index is 2.04. The summed E-state index contributed by atoms with van der Waals surface area (Å²) in [6, 6.07) is 0. The first-order chi connectivity index (χ1) is 9.11. The molecule has 2 unspecified atom stereocenters. The standard InChI is InChI=1S/C15H24ClN3/c1-4-13-18-14(16)11(3)15(19-13)17-9-12-8-6-5-7-10(12)2/h10,12H,4-9H2,1-3H3,(H,17,18,19). The number of nitrogens with zero attached hydrogens (tertiary/aromatic N) is 2. The van der Waals surface area contributed by atoms with Crippen LogP contribution in [0.3, 0.4) is 0 Å². The molecule has 0 aliphatic heterocycles. The Morgan fingerprint density at radius 1 is 1.26 bits per heavy atom.